The topological polar surface area (TPSA) is 30.5 Å². The molecule has 1 aliphatic carbocycles. The summed E-state index contributed by atoms with van der Waals surface area (Å²) in [5, 5.41) is 3.34. The molecule has 1 N–H and O–H groups in total. The molecule has 3 nitrogen and oxygen atoms in total. The Balaban J connectivity index is 2.54. The second-order valence-electron chi connectivity index (χ2n) is 4.70. The maximum Gasteiger partial charge on any atom is 0.0853 e. The molecule has 0 aliphatic heterocycles. The molecule has 3 heteroatoms. The van der Waals surface area contributed by atoms with Gasteiger partial charge in [0.1, 0.15) is 0 Å². The van der Waals surface area contributed by atoms with Crippen LogP contribution in [0.15, 0.2) is 0 Å². The van der Waals surface area contributed by atoms with Crippen LogP contribution < -0.4 is 5.32 Å². The van der Waals surface area contributed by atoms with Crippen molar-refractivity contribution in [3.05, 3.63) is 0 Å². The fraction of sp³-hybridized carbons (Fsp3) is 1.00. The van der Waals surface area contributed by atoms with Gasteiger partial charge in [0.15, 0.2) is 0 Å². The summed E-state index contributed by atoms with van der Waals surface area (Å²) in [4.78, 5) is 0. The molecule has 0 saturated heterocycles. The van der Waals surface area contributed by atoms with Crippen molar-refractivity contribution in [3.8, 4) is 0 Å². The number of likely N-dealkylation sites (N-methyl/N-ethyl adjacent to an activating group) is 1. The van der Waals surface area contributed by atoms with Gasteiger partial charge in [-0.05, 0) is 33.7 Å². The van der Waals surface area contributed by atoms with Crippen LogP contribution in [0.3, 0.4) is 0 Å². The van der Waals surface area contributed by atoms with E-state index in [1.165, 1.54) is 12.8 Å². The van der Waals surface area contributed by atoms with Crippen LogP contribution in [0.1, 0.15) is 39.5 Å². The number of hydrogen-bond donors (Lipinski definition) is 1. The monoisotopic (exact) mass is 215 g/mol. The number of rotatable bonds is 6. The van der Waals surface area contributed by atoms with Crippen molar-refractivity contribution in [1.82, 2.24) is 5.32 Å². The van der Waals surface area contributed by atoms with E-state index in [0.29, 0.717) is 6.04 Å². The van der Waals surface area contributed by atoms with Gasteiger partial charge in [-0.3, -0.25) is 0 Å². The van der Waals surface area contributed by atoms with Crippen LogP contribution in [0.5, 0.6) is 0 Å². The Hall–Kier alpha value is -0.120. The largest absolute Gasteiger partial charge is 0.377 e. The summed E-state index contributed by atoms with van der Waals surface area (Å²) in [7, 11) is 3.82. The third-order valence-corrected chi connectivity index (χ3v) is 3.44. The predicted molar refractivity (Wildman–Crippen MR) is 62.1 cm³/mol. The Morgan fingerprint density at radius 2 is 1.87 bits per heavy atom. The molecule has 90 valence electrons. The van der Waals surface area contributed by atoms with E-state index in [2.05, 4.69) is 19.2 Å². The molecule has 1 atom stereocenters. The van der Waals surface area contributed by atoms with Gasteiger partial charge in [0.05, 0.1) is 24.4 Å². The minimum absolute atomic E-state index is 0.00361. The highest BCUT2D eigenvalue weighted by Crippen LogP contribution is 2.35. The number of methoxy groups -OCH3 is 1. The van der Waals surface area contributed by atoms with Crippen LogP contribution in [0.2, 0.25) is 0 Å². The second kappa shape index (κ2) is 5.83. The lowest BCUT2D eigenvalue weighted by atomic mass is 9.92. The van der Waals surface area contributed by atoms with E-state index in [0.717, 1.165) is 19.4 Å². The van der Waals surface area contributed by atoms with Gasteiger partial charge in [-0.25, -0.2) is 0 Å². The lowest BCUT2D eigenvalue weighted by molar-refractivity contribution is -0.0652. The van der Waals surface area contributed by atoms with Crippen LogP contribution >= 0.6 is 0 Å². The van der Waals surface area contributed by atoms with Crippen LogP contribution in [-0.4, -0.2) is 38.5 Å². The molecule has 1 aliphatic rings. The first kappa shape index (κ1) is 12.9. The SMILES string of the molecule is CNC(COC(C)C)C1(OC)CCCC1. The number of hydrogen-bond acceptors (Lipinski definition) is 3. The van der Waals surface area contributed by atoms with Gasteiger partial charge in [-0.1, -0.05) is 12.8 Å². The molecule has 0 heterocycles. The zero-order chi connectivity index (χ0) is 11.3. The highest BCUT2D eigenvalue weighted by atomic mass is 16.5. The van der Waals surface area contributed by atoms with E-state index in [9.17, 15) is 0 Å². The number of nitrogens with one attached hydrogen (secondary N) is 1. The average Bonchev–Trinajstić information content (AvgIpc) is 2.68. The summed E-state index contributed by atoms with van der Waals surface area (Å²) in [5.74, 6) is 0. The standard InChI is InChI=1S/C12H25NO2/c1-10(2)15-9-11(13-3)12(14-4)7-5-6-8-12/h10-11,13H,5-9H2,1-4H3. The highest BCUT2D eigenvalue weighted by molar-refractivity contribution is 4.96. The zero-order valence-electron chi connectivity index (χ0n) is 10.5. The predicted octanol–water partition coefficient (Wildman–Crippen LogP) is 1.96. The first-order valence-corrected chi connectivity index (χ1v) is 5.98. The molecule has 1 saturated carbocycles. The maximum absolute atomic E-state index is 5.74. The summed E-state index contributed by atoms with van der Waals surface area (Å²) >= 11 is 0. The first-order chi connectivity index (χ1) is 7.14. The van der Waals surface area contributed by atoms with Crippen molar-refractivity contribution in [3.63, 3.8) is 0 Å². The van der Waals surface area contributed by atoms with Gasteiger partial charge in [0.25, 0.3) is 0 Å². The Bertz CT molecular complexity index is 176. The molecule has 0 spiro atoms. The highest BCUT2D eigenvalue weighted by Gasteiger charge is 2.41. The molecule has 15 heavy (non-hydrogen) atoms. The van der Waals surface area contributed by atoms with Crippen molar-refractivity contribution in [2.24, 2.45) is 0 Å². The van der Waals surface area contributed by atoms with E-state index < -0.39 is 0 Å². The fourth-order valence-corrected chi connectivity index (χ4v) is 2.46. The molecule has 1 rings (SSSR count). The summed E-state index contributed by atoms with van der Waals surface area (Å²) in [6.07, 6.45) is 5.13. The smallest absolute Gasteiger partial charge is 0.0853 e. The second-order valence-corrected chi connectivity index (χ2v) is 4.70. The molecule has 1 fully saturated rings. The van der Waals surface area contributed by atoms with E-state index in [1.807, 2.05) is 14.2 Å². The lowest BCUT2D eigenvalue weighted by Crippen LogP contribution is -2.52. The quantitative estimate of drug-likeness (QED) is 0.734. The molecule has 0 aromatic carbocycles. The first-order valence-electron chi connectivity index (χ1n) is 5.98. The van der Waals surface area contributed by atoms with Crippen LogP contribution in [0, 0.1) is 0 Å². The van der Waals surface area contributed by atoms with Gasteiger partial charge in [0.2, 0.25) is 0 Å². The Kier molecular flexibility index (Phi) is 5.03. The molecular formula is C12H25NO2. The Labute approximate surface area is 93.5 Å². The Morgan fingerprint density at radius 3 is 2.27 bits per heavy atom. The van der Waals surface area contributed by atoms with E-state index in [4.69, 9.17) is 9.47 Å². The van der Waals surface area contributed by atoms with E-state index >= 15 is 0 Å². The number of ether oxygens (including phenoxy) is 2. The minimum atomic E-state index is 0.00361. The summed E-state index contributed by atoms with van der Waals surface area (Å²) < 4.78 is 11.4. The van der Waals surface area contributed by atoms with Crippen LogP contribution in [0.4, 0.5) is 0 Å². The molecule has 0 aromatic rings. The van der Waals surface area contributed by atoms with Crippen molar-refractivity contribution >= 4 is 0 Å². The van der Waals surface area contributed by atoms with Gasteiger partial charge < -0.3 is 14.8 Å². The van der Waals surface area contributed by atoms with Crippen molar-refractivity contribution < 1.29 is 9.47 Å². The van der Waals surface area contributed by atoms with Gasteiger partial charge in [-0.2, -0.15) is 0 Å². The Morgan fingerprint density at radius 1 is 1.27 bits per heavy atom. The fourth-order valence-electron chi connectivity index (χ4n) is 2.46. The molecule has 0 radical (unpaired) electrons. The van der Waals surface area contributed by atoms with Gasteiger partial charge in [-0.15, -0.1) is 0 Å². The molecular weight excluding hydrogens is 190 g/mol. The summed E-state index contributed by atoms with van der Waals surface area (Å²) in [6.45, 7) is 4.88. The van der Waals surface area contributed by atoms with Gasteiger partial charge in [0, 0.05) is 7.11 Å². The molecule has 0 amide bonds. The van der Waals surface area contributed by atoms with E-state index in [1.54, 1.807) is 0 Å². The normalized spacial score (nSPS) is 22.2. The van der Waals surface area contributed by atoms with Crippen molar-refractivity contribution in [1.29, 1.82) is 0 Å². The third-order valence-electron chi connectivity index (χ3n) is 3.44. The van der Waals surface area contributed by atoms with Crippen molar-refractivity contribution in [2.75, 3.05) is 20.8 Å². The molecule has 1 unspecified atom stereocenters. The third kappa shape index (κ3) is 3.16. The molecule has 0 aromatic heterocycles. The zero-order valence-corrected chi connectivity index (χ0v) is 10.5. The van der Waals surface area contributed by atoms with Crippen molar-refractivity contribution in [2.45, 2.75) is 57.3 Å². The lowest BCUT2D eigenvalue weighted by Gasteiger charge is -2.36. The minimum Gasteiger partial charge on any atom is -0.377 e. The molecule has 0 bridgehead atoms. The van der Waals surface area contributed by atoms with E-state index in [-0.39, 0.29) is 11.7 Å². The average molecular weight is 215 g/mol. The van der Waals surface area contributed by atoms with Crippen LogP contribution in [-0.2, 0) is 9.47 Å². The maximum atomic E-state index is 5.74. The van der Waals surface area contributed by atoms with Gasteiger partial charge >= 0.3 is 0 Å². The summed E-state index contributed by atoms with van der Waals surface area (Å²) in [6, 6.07) is 0.312. The summed E-state index contributed by atoms with van der Waals surface area (Å²) in [5.41, 5.74) is 0.00361. The van der Waals surface area contributed by atoms with Crippen LogP contribution in [0.25, 0.3) is 0 Å².